The van der Waals surface area contributed by atoms with Crippen molar-refractivity contribution in [3.8, 4) is 0 Å². The minimum atomic E-state index is -1.22. The molecule has 4 atom stereocenters. The predicted molar refractivity (Wildman–Crippen MR) is 126 cm³/mol. The largest absolute Gasteiger partial charge is 0.481 e. The number of hydrogen-bond acceptors (Lipinski definition) is 7. The lowest BCUT2D eigenvalue weighted by atomic mass is 10.0. The van der Waals surface area contributed by atoms with Crippen molar-refractivity contribution in [1.29, 1.82) is 0 Å². The second kappa shape index (κ2) is 15.5. The number of carboxylic acid groups (broad SMARTS) is 2. The molecular formula is C21H38N4O7S. The Bertz CT molecular complexity index is 688. The second-order valence-electron chi connectivity index (χ2n) is 8.64. The fourth-order valence-corrected chi connectivity index (χ4v) is 3.45. The van der Waals surface area contributed by atoms with E-state index in [0.29, 0.717) is 12.2 Å². The molecule has 7 N–H and O–H groups in total. The molecule has 0 saturated carbocycles. The lowest BCUT2D eigenvalue weighted by molar-refractivity contribution is -0.142. The van der Waals surface area contributed by atoms with Crippen LogP contribution in [0.4, 0.5) is 0 Å². The Morgan fingerprint density at radius 2 is 1.42 bits per heavy atom. The van der Waals surface area contributed by atoms with Gasteiger partial charge in [0.2, 0.25) is 17.7 Å². The first kappa shape index (κ1) is 30.7. The lowest BCUT2D eigenvalue weighted by Crippen LogP contribution is -2.58. The van der Waals surface area contributed by atoms with Crippen molar-refractivity contribution in [3.63, 3.8) is 0 Å². The van der Waals surface area contributed by atoms with Crippen molar-refractivity contribution < 1.29 is 34.2 Å². The van der Waals surface area contributed by atoms with Gasteiger partial charge in [-0.15, -0.1) is 0 Å². The summed E-state index contributed by atoms with van der Waals surface area (Å²) >= 11 is 1.44. The van der Waals surface area contributed by atoms with E-state index in [2.05, 4.69) is 16.0 Å². The number of nitrogens with two attached hydrogens (primary N) is 1. The van der Waals surface area contributed by atoms with E-state index in [1.807, 2.05) is 20.1 Å². The summed E-state index contributed by atoms with van der Waals surface area (Å²) in [5.41, 5.74) is 5.86. The number of hydrogen-bond donors (Lipinski definition) is 6. The number of aliphatic carboxylic acids is 2. The lowest BCUT2D eigenvalue weighted by Gasteiger charge is -2.27. The molecule has 0 aromatic heterocycles. The van der Waals surface area contributed by atoms with Crippen molar-refractivity contribution in [2.75, 3.05) is 12.0 Å². The normalized spacial score (nSPS) is 14.8. The Labute approximate surface area is 199 Å². The van der Waals surface area contributed by atoms with Crippen LogP contribution in [0.15, 0.2) is 0 Å². The number of carboxylic acids is 2. The fourth-order valence-electron chi connectivity index (χ4n) is 2.97. The van der Waals surface area contributed by atoms with Crippen LogP contribution in [0.2, 0.25) is 0 Å². The third-order valence-corrected chi connectivity index (χ3v) is 5.46. The number of rotatable bonds is 16. The first-order valence-electron chi connectivity index (χ1n) is 10.9. The Kier molecular flexibility index (Phi) is 14.4. The third kappa shape index (κ3) is 12.5. The van der Waals surface area contributed by atoms with Crippen LogP contribution in [0.5, 0.6) is 0 Å². The maximum Gasteiger partial charge on any atom is 0.326 e. The van der Waals surface area contributed by atoms with Crippen LogP contribution in [0, 0.1) is 11.8 Å². The van der Waals surface area contributed by atoms with E-state index in [4.69, 9.17) is 10.8 Å². The van der Waals surface area contributed by atoms with Crippen LogP contribution in [0.1, 0.15) is 53.4 Å². The minimum absolute atomic E-state index is 0.138. The Morgan fingerprint density at radius 3 is 1.88 bits per heavy atom. The van der Waals surface area contributed by atoms with E-state index in [-0.39, 0.29) is 25.2 Å². The van der Waals surface area contributed by atoms with Gasteiger partial charge in [0.15, 0.2) is 0 Å². The number of nitrogens with one attached hydrogen (secondary N) is 3. The highest BCUT2D eigenvalue weighted by Crippen LogP contribution is 2.09. The van der Waals surface area contributed by atoms with Gasteiger partial charge in [0.25, 0.3) is 0 Å². The molecule has 0 aliphatic rings. The first-order chi connectivity index (χ1) is 15.3. The van der Waals surface area contributed by atoms with Gasteiger partial charge in [-0.05, 0) is 43.1 Å². The van der Waals surface area contributed by atoms with Crippen LogP contribution in [0.3, 0.4) is 0 Å². The van der Waals surface area contributed by atoms with Gasteiger partial charge in [0, 0.05) is 6.42 Å². The highest BCUT2D eigenvalue weighted by atomic mass is 32.2. The molecule has 0 rings (SSSR count). The molecule has 0 saturated heterocycles. The molecule has 12 heteroatoms. The molecule has 0 heterocycles. The molecule has 0 bridgehead atoms. The molecule has 4 unspecified atom stereocenters. The van der Waals surface area contributed by atoms with Crippen LogP contribution in [-0.2, 0) is 24.0 Å². The summed E-state index contributed by atoms with van der Waals surface area (Å²) in [6, 6.07) is -4.28. The number of amides is 3. The summed E-state index contributed by atoms with van der Waals surface area (Å²) in [4.78, 5) is 60.5. The maximum absolute atomic E-state index is 12.9. The van der Waals surface area contributed by atoms with Gasteiger partial charge in [0.1, 0.15) is 18.1 Å². The standard InChI is InChI=1S/C21H38N4O7S/c1-11(2)10-13(22)18(28)23-14(6-7-16(26)27)19(29)25-17(12(3)4)20(30)24-15(21(31)32)8-9-33-5/h11-15,17H,6-10,22H2,1-5H3,(H,23,28)(H,24,30)(H,25,29)(H,26,27)(H,31,32). The Balaban J connectivity index is 5.43. The van der Waals surface area contributed by atoms with Crippen molar-refractivity contribution in [2.45, 2.75) is 77.5 Å². The van der Waals surface area contributed by atoms with Gasteiger partial charge in [-0.2, -0.15) is 11.8 Å². The van der Waals surface area contributed by atoms with Crippen molar-refractivity contribution in [1.82, 2.24) is 16.0 Å². The van der Waals surface area contributed by atoms with Crippen molar-refractivity contribution in [2.24, 2.45) is 17.6 Å². The molecule has 190 valence electrons. The van der Waals surface area contributed by atoms with Crippen molar-refractivity contribution >= 4 is 41.4 Å². The molecule has 11 nitrogen and oxygen atoms in total. The summed E-state index contributed by atoms with van der Waals surface area (Å²) in [7, 11) is 0. The van der Waals surface area contributed by atoms with Crippen LogP contribution in [-0.4, -0.2) is 76.0 Å². The fraction of sp³-hybridized carbons (Fsp3) is 0.762. The Morgan fingerprint density at radius 1 is 0.848 bits per heavy atom. The van der Waals surface area contributed by atoms with Crippen LogP contribution >= 0.6 is 11.8 Å². The summed E-state index contributed by atoms with van der Waals surface area (Å²) in [6.45, 7) is 7.12. The third-order valence-electron chi connectivity index (χ3n) is 4.81. The first-order valence-corrected chi connectivity index (χ1v) is 12.3. The zero-order valence-electron chi connectivity index (χ0n) is 19.9. The predicted octanol–water partition coefficient (Wildman–Crippen LogP) is 0.173. The molecule has 0 aromatic carbocycles. The molecule has 0 aliphatic heterocycles. The van der Waals surface area contributed by atoms with E-state index < -0.39 is 59.7 Å². The van der Waals surface area contributed by atoms with Gasteiger partial charge >= 0.3 is 11.9 Å². The quantitative estimate of drug-likeness (QED) is 0.175. The van der Waals surface area contributed by atoms with Gasteiger partial charge in [-0.25, -0.2) is 4.79 Å². The van der Waals surface area contributed by atoms with Crippen molar-refractivity contribution in [3.05, 3.63) is 0 Å². The van der Waals surface area contributed by atoms with E-state index in [9.17, 15) is 29.1 Å². The second-order valence-corrected chi connectivity index (χ2v) is 9.63. The smallest absolute Gasteiger partial charge is 0.326 e. The van der Waals surface area contributed by atoms with E-state index >= 15 is 0 Å². The van der Waals surface area contributed by atoms with Crippen LogP contribution in [0.25, 0.3) is 0 Å². The SMILES string of the molecule is CSCCC(NC(=O)C(NC(=O)C(CCC(=O)O)NC(=O)C(N)CC(C)C)C(C)C)C(=O)O. The number of thioether (sulfide) groups is 1. The molecule has 0 aromatic rings. The van der Waals surface area contributed by atoms with E-state index in [0.717, 1.165) is 0 Å². The van der Waals surface area contributed by atoms with Gasteiger partial charge < -0.3 is 31.9 Å². The molecule has 0 radical (unpaired) electrons. The minimum Gasteiger partial charge on any atom is -0.481 e. The highest BCUT2D eigenvalue weighted by molar-refractivity contribution is 7.98. The summed E-state index contributed by atoms with van der Waals surface area (Å²) in [6.07, 6.45) is 1.83. The van der Waals surface area contributed by atoms with Gasteiger partial charge in [-0.3, -0.25) is 19.2 Å². The zero-order valence-corrected chi connectivity index (χ0v) is 20.7. The highest BCUT2D eigenvalue weighted by Gasteiger charge is 2.32. The molecule has 33 heavy (non-hydrogen) atoms. The van der Waals surface area contributed by atoms with Crippen LogP contribution < -0.4 is 21.7 Å². The number of carbonyl (C=O) groups excluding carboxylic acids is 3. The monoisotopic (exact) mass is 490 g/mol. The summed E-state index contributed by atoms with van der Waals surface area (Å²) in [5.74, 6) is -4.08. The topological polar surface area (TPSA) is 188 Å². The average molecular weight is 491 g/mol. The number of carbonyl (C=O) groups is 5. The van der Waals surface area contributed by atoms with Gasteiger partial charge in [0.05, 0.1) is 6.04 Å². The Hall–Kier alpha value is -2.34. The van der Waals surface area contributed by atoms with E-state index in [1.165, 1.54) is 11.8 Å². The summed E-state index contributed by atoms with van der Waals surface area (Å²) < 4.78 is 0. The maximum atomic E-state index is 12.9. The molecule has 0 spiro atoms. The molecule has 0 fully saturated rings. The van der Waals surface area contributed by atoms with Gasteiger partial charge in [-0.1, -0.05) is 27.7 Å². The average Bonchev–Trinajstić information content (AvgIpc) is 2.70. The van der Waals surface area contributed by atoms with E-state index in [1.54, 1.807) is 13.8 Å². The molecular weight excluding hydrogens is 452 g/mol. The molecule has 0 aliphatic carbocycles. The summed E-state index contributed by atoms with van der Waals surface area (Å²) in [5, 5.41) is 25.8. The zero-order chi connectivity index (χ0) is 25.7. The molecule has 3 amide bonds.